The van der Waals surface area contributed by atoms with Crippen LogP contribution in [0.1, 0.15) is 51.8 Å². The summed E-state index contributed by atoms with van der Waals surface area (Å²) >= 11 is 0. The zero-order chi connectivity index (χ0) is 21.4. The number of hydrogen-bond acceptors (Lipinski definition) is 4. The van der Waals surface area contributed by atoms with Crippen molar-refractivity contribution in [1.29, 1.82) is 0 Å². The average molecular weight is 418 g/mol. The van der Waals surface area contributed by atoms with Gasteiger partial charge in [-0.3, -0.25) is 9.48 Å². The summed E-state index contributed by atoms with van der Waals surface area (Å²) in [6, 6.07) is 16.3. The van der Waals surface area contributed by atoms with Crippen molar-refractivity contribution in [3.8, 4) is 11.5 Å². The smallest absolute Gasteiger partial charge is 0.275 e. The molecule has 0 saturated heterocycles. The van der Waals surface area contributed by atoms with Gasteiger partial charge in [0.2, 0.25) is 0 Å². The molecule has 160 valence electrons. The van der Waals surface area contributed by atoms with Gasteiger partial charge in [0.05, 0.1) is 6.04 Å². The molecule has 6 nitrogen and oxygen atoms in total. The van der Waals surface area contributed by atoms with Gasteiger partial charge in [-0.05, 0) is 61.1 Å². The summed E-state index contributed by atoms with van der Waals surface area (Å²) in [7, 11) is 1.87. The van der Waals surface area contributed by atoms with Crippen molar-refractivity contribution in [2.24, 2.45) is 7.05 Å². The molecule has 2 aromatic carbocycles. The molecule has 1 atom stereocenters. The molecule has 1 amide bonds. The fraction of sp³-hybridized carbons (Fsp3) is 0.360. The Labute approximate surface area is 182 Å². The minimum atomic E-state index is -0.0414. The summed E-state index contributed by atoms with van der Waals surface area (Å²) in [6.45, 7) is 3.56. The van der Waals surface area contributed by atoms with Crippen molar-refractivity contribution in [3.63, 3.8) is 0 Å². The van der Waals surface area contributed by atoms with Gasteiger partial charge in [0.1, 0.15) is 13.2 Å². The fourth-order valence-electron chi connectivity index (χ4n) is 4.57. The molecule has 0 bridgehead atoms. The van der Waals surface area contributed by atoms with Gasteiger partial charge in [0, 0.05) is 19.3 Å². The molecule has 6 heteroatoms. The predicted molar refractivity (Wildman–Crippen MR) is 117 cm³/mol. The third-order valence-corrected chi connectivity index (χ3v) is 6.27. The molecule has 0 N–H and O–H groups in total. The van der Waals surface area contributed by atoms with Crippen LogP contribution in [0.4, 0.5) is 0 Å². The number of nitrogens with zero attached hydrogens (tertiary/aromatic N) is 3. The van der Waals surface area contributed by atoms with Crippen molar-refractivity contribution < 1.29 is 14.3 Å². The Balaban J connectivity index is 1.52. The van der Waals surface area contributed by atoms with Crippen molar-refractivity contribution in [2.75, 3.05) is 13.2 Å². The molecule has 2 aliphatic rings. The quantitative estimate of drug-likeness (QED) is 0.638. The Morgan fingerprint density at radius 1 is 1.13 bits per heavy atom. The molecular formula is C25H27N3O3. The maximum atomic E-state index is 13.7. The SMILES string of the molecule is Cc1cc(C(=O)N(Cc2ccc3c(c2)OCCO3)[C@@H]2CCCc3ccccc32)nn1C. The number of carbonyl (C=O) groups is 1. The zero-order valence-electron chi connectivity index (χ0n) is 18.0. The number of fused-ring (bicyclic) bond motifs is 2. The lowest BCUT2D eigenvalue weighted by Crippen LogP contribution is -2.36. The average Bonchev–Trinajstić information content (AvgIpc) is 3.15. The van der Waals surface area contributed by atoms with Crippen molar-refractivity contribution in [1.82, 2.24) is 14.7 Å². The first-order valence-corrected chi connectivity index (χ1v) is 10.9. The molecule has 0 unspecified atom stereocenters. The Morgan fingerprint density at radius 2 is 1.94 bits per heavy atom. The Hall–Kier alpha value is -3.28. The number of hydrogen-bond donors (Lipinski definition) is 0. The predicted octanol–water partition coefficient (Wildman–Crippen LogP) is 4.22. The van der Waals surface area contributed by atoms with Crippen LogP contribution >= 0.6 is 0 Å². The van der Waals surface area contributed by atoms with E-state index in [1.807, 2.05) is 43.1 Å². The van der Waals surface area contributed by atoms with Gasteiger partial charge >= 0.3 is 0 Å². The highest BCUT2D eigenvalue weighted by Crippen LogP contribution is 2.37. The van der Waals surface area contributed by atoms with Gasteiger partial charge in [-0.15, -0.1) is 0 Å². The molecule has 2 heterocycles. The molecule has 1 aliphatic heterocycles. The van der Waals surface area contributed by atoms with E-state index in [9.17, 15) is 4.79 Å². The van der Waals surface area contributed by atoms with Gasteiger partial charge in [-0.1, -0.05) is 30.3 Å². The second kappa shape index (κ2) is 8.10. The van der Waals surface area contributed by atoms with E-state index in [4.69, 9.17) is 9.47 Å². The van der Waals surface area contributed by atoms with Crippen LogP contribution in [0, 0.1) is 6.92 Å². The lowest BCUT2D eigenvalue weighted by atomic mass is 9.86. The molecule has 1 aliphatic carbocycles. The highest BCUT2D eigenvalue weighted by molar-refractivity contribution is 5.92. The van der Waals surface area contributed by atoms with E-state index in [-0.39, 0.29) is 11.9 Å². The van der Waals surface area contributed by atoms with E-state index in [1.165, 1.54) is 11.1 Å². The van der Waals surface area contributed by atoms with Crippen LogP contribution in [0.2, 0.25) is 0 Å². The lowest BCUT2D eigenvalue weighted by molar-refractivity contribution is 0.0630. The number of ether oxygens (including phenoxy) is 2. The van der Waals surface area contributed by atoms with Crippen molar-refractivity contribution in [2.45, 2.75) is 38.8 Å². The third-order valence-electron chi connectivity index (χ3n) is 6.27. The summed E-state index contributed by atoms with van der Waals surface area (Å²) < 4.78 is 13.2. The summed E-state index contributed by atoms with van der Waals surface area (Å²) in [5.41, 5.74) is 5.05. The molecule has 0 fully saturated rings. The van der Waals surface area contributed by atoms with Crippen molar-refractivity contribution >= 4 is 5.91 Å². The molecule has 31 heavy (non-hydrogen) atoms. The third kappa shape index (κ3) is 3.78. The molecule has 3 aromatic rings. The molecule has 0 saturated carbocycles. The first-order valence-electron chi connectivity index (χ1n) is 10.9. The Kier molecular flexibility index (Phi) is 5.14. The molecular weight excluding hydrogens is 390 g/mol. The molecule has 0 radical (unpaired) electrons. The number of aromatic nitrogens is 2. The Bertz CT molecular complexity index is 1100. The standard InChI is InChI=1S/C25H27N3O3/c1-17-14-21(26-27(17)2)25(29)28(22-9-5-7-19-6-3-4-8-20(19)22)16-18-10-11-23-24(15-18)31-13-12-30-23/h3-4,6,8,10-11,14-15,22H,5,7,9,12-13,16H2,1-2H3/t22-/m1/s1. The second-order valence-corrected chi connectivity index (χ2v) is 8.31. The summed E-state index contributed by atoms with van der Waals surface area (Å²) in [5, 5.41) is 4.47. The normalized spacial score (nSPS) is 17.2. The molecule has 0 spiro atoms. The van der Waals surface area contributed by atoms with E-state index in [2.05, 4.69) is 29.4 Å². The van der Waals surface area contributed by atoms with Gasteiger partial charge in [0.15, 0.2) is 17.2 Å². The van der Waals surface area contributed by atoms with E-state index in [0.717, 1.165) is 42.0 Å². The van der Waals surface area contributed by atoms with E-state index >= 15 is 0 Å². The van der Waals surface area contributed by atoms with Crippen LogP contribution in [-0.2, 0) is 20.0 Å². The zero-order valence-corrected chi connectivity index (χ0v) is 18.0. The topological polar surface area (TPSA) is 56.6 Å². The summed E-state index contributed by atoms with van der Waals surface area (Å²) in [5.74, 6) is 1.46. The summed E-state index contributed by atoms with van der Waals surface area (Å²) in [6.07, 6.45) is 3.06. The number of rotatable bonds is 4. The van der Waals surface area contributed by atoms with Crippen LogP contribution in [0.15, 0.2) is 48.5 Å². The van der Waals surface area contributed by atoms with Gasteiger partial charge in [0.25, 0.3) is 5.91 Å². The largest absolute Gasteiger partial charge is 0.486 e. The van der Waals surface area contributed by atoms with Gasteiger partial charge in [-0.2, -0.15) is 5.10 Å². The van der Waals surface area contributed by atoms with Crippen LogP contribution in [0.25, 0.3) is 0 Å². The second-order valence-electron chi connectivity index (χ2n) is 8.31. The minimum absolute atomic E-state index is 0.0213. The van der Waals surface area contributed by atoms with Gasteiger partial charge in [-0.25, -0.2) is 0 Å². The number of aryl methyl sites for hydroxylation is 3. The van der Waals surface area contributed by atoms with Crippen LogP contribution in [-0.4, -0.2) is 33.8 Å². The fourth-order valence-corrected chi connectivity index (χ4v) is 4.57. The van der Waals surface area contributed by atoms with E-state index in [1.54, 1.807) is 4.68 Å². The lowest BCUT2D eigenvalue weighted by Gasteiger charge is -2.36. The first kappa shape index (κ1) is 19.7. The van der Waals surface area contributed by atoms with E-state index in [0.29, 0.717) is 25.5 Å². The molecule has 1 aromatic heterocycles. The van der Waals surface area contributed by atoms with Crippen LogP contribution in [0.5, 0.6) is 11.5 Å². The minimum Gasteiger partial charge on any atom is -0.486 e. The first-order chi connectivity index (χ1) is 15.1. The number of benzene rings is 2. The number of carbonyl (C=O) groups excluding carboxylic acids is 1. The highest BCUT2D eigenvalue weighted by atomic mass is 16.6. The maximum Gasteiger partial charge on any atom is 0.275 e. The van der Waals surface area contributed by atoms with Crippen LogP contribution < -0.4 is 9.47 Å². The van der Waals surface area contributed by atoms with Crippen LogP contribution in [0.3, 0.4) is 0 Å². The van der Waals surface area contributed by atoms with Gasteiger partial charge < -0.3 is 14.4 Å². The summed E-state index contributed by atoms with van der Waals surface area (Å²) in [4.78, 5) is 15.7. The highest BCUT2D eigenvalue weighted by Gasteiger charge is 2.31. The Morgan fingerprint density at radius 3 is 2.74 bits per heavy atom. The number of amides is 1. The monoisotopic (exact) mass is 417 g/mol. The maximum absolute atomic E-state index is 13.7. The van der Waals surface area contributed by atoms with E-state index < -0.39 is 0 Å². The molecule has 5 rings (SSSR count). The van der Waals surface area contributed by atoms with Crippen molar-refractivity contribution in [3.05, 3.63) is 76.6 Å².